The first-order valence-electron chi connectivity index (χ1n) is 6.72. The van der Waals surface area contributed by atoms with Gasteiger partial charge in [-0.2, -0.15) is 0 Å². The zero-order valence-corrected chi connectivity index (χ0v) is 11.6. The van der Waals surface area contributed by atoms with E-state index in [-0.39, 0.29) is 6.54 Å². The lowest BCUT2D eigenvalue weighted by atomic mass is 10.1. The molecule has 0 spiro atoms. The Bertz CT molecular complexity index is 549. The molecule has 0 radical (unpaired) electrons. The molecular weight excluding hydrogens is 250 g/mol. The molecule has 0 bridgehead atoms. The minimum absolute atomic E-state index is 0.0237. The molecule has 0 heterocycles. The molecule has 0 amide bonds. The number of benzene rings is 2. The summed E-state index contributed by atoms with van der Waals surface area (Å²) in [5.74, 6) is -0.807. The summed E-state index contributed by atoms with van der Waals surface area (Å²) in [7, 11) is 0. The number of nitrogens with zero attached hydrogens (tertiary/aromatic N) is 1. The number of anilines is 1. The molecule has 0 aliphatic heterocycles. The van der Waals surface area contributed by atoms with Crippen molar-refractivity contribution in [3.8, 4) is 0 Å². The number of aliphatic carboxylic acids is 1. The van der Waals surface area contributed by atoms with E-state index in [1.165, 1.54) is 11.1 Å². The first-order chi connectivity index (χ1) is 9.65. The van der Waals surface area contributed by atoms with Crippen LogP contribution in [0.15, 0.2) is 54.6 Å². The molecular formula is C17H19NO2. The molecule has 2 aromatic rings. The van der Waals surface area contributed by atoms with Gasteiger partial charge in [-0.1, -0.05) is 48.0 Å². The molecule has 0 aliphatic carbocycles. The summed E-state index contributed by atoms with van der Waals surface area (Å²) in [6, 6.07) is 18.1. The molecule has 0 unspecified atom stereocenters. The van der Waals surface area contributed by atoms with Crippen LogP contribution >= 0.6 is 0 Å². The maximum absolute atomic E-state index is 11.0. The predicted octanol–water partition coefficient (Wildman–Crippen LogP) is 3.13. The summed E-state index contributed by atoms with van der Waals surface area (Å²) in [5.41, 5.74) is 3.34. The highest BCUT2D eigenvalue weighted by atomic mass is 16.4. The Morgan fingerprint density at radius 2 is 1.70 bits per heavy atom. The Morgan fingerprint density at radius 3 is 2.30 bits per heavy atom. The third-order valence-electron chi connectivity index (χ3n) is 3.24. The zero-order chi connectivity index (χ0) is 14.4. The smallest absolute Gasteiger partial charge is 0.323 e. The van der Waals surface area contributed by atoms with E-state index < -0.39 is 5.97 Å². The Hall–Kier alpha value is -2.29. The van der Waals surface area contributed by atoms with Gasteiger partial charge in [-0.05, 0) is 31.0 Å². The molecule has 0 atom stereocenters. The van der Waals surface area contributed by atoms with Crippen molar-refractivity contribution in [1.82, 2.24) is 0 Å². The SMILES string of the molecule is Cc1ccc(N(CCc2ccccc2)CC(=O)O)cc1. The molecule has 2 rings (SSSR count). The van der Waals surface area contributed by atoms with Crippen molar-refractivity contribution in [2.45, 2.75) is 13.3 Å². The minimum atomic E-state index is -0.807. The summed E-state index contributed by atoms with van der Waals surface area (Å²) < 4.78 is 0. The van der Waals surface area contributed by atoms with Crippen LogP contribution in [0.25, 0.3) is 0 Å². The van der Waals surface area contributed by atoms with Crippen LogP contribution in [0.4, 0.5) is 5.69 Å². The van der Waals surface area contributed by atoms with Gasteiger partial charge < -0.3 is 10.0 Å². The molecule has 0 aliphatic rings. The van der Waals surface area contributed by atoms with E-state index in [0.717, 1.165) is 12.1 Å². The van der Waals surface area contributed by atoms with Crippen molar-refractivity contribution in [2.24, 2.45) is 0 Å². The minimum Gasteiger partial charge on any atom is -0.480 e. The fourth-order valence-electron chi connectivity index (χ4n) is 2.13. The Kier molecular flexibility index (Phi) is 4.77. The predicted molar refractivity (Wildman–Crippen MR) is 81.2 cm³/mol. The molecule has 0 saturated carbocycles. The summed E-state index contributed by atoms with van der Waals surface area (Å²) in [5, 5.41) is 9.06. The standard InChI is InChI=1S/C17H19NO2/c1-14-7-9-16(10-8-14)18(13-17(19)20)12-11-15-5-3-2-4-6-15/h2-10H,11-13H2,1H3,(H,19,20). The topological polar surface area (TPSA) is 40.5 Å². The number of carboxylic acid groups (broad SMARTS) is 1. The second-order valence-electron chi connectivity index (χ2n) is 4.89. The molecule has 104 valence electrons. The van der Waals surface area contributed by atoms with Gasteiger partial charge in [0.15, 0.2) is 0 Å². The van der Waals surface area contributed by atoms with E-state index in [2.05, 4.69) is 12.1 Å². The number of carboxylic acids is 1. The first kappa shape index (κ1) is 14.1. The lowest BCUT2D eigenvalue weighted by Crippen LogP contribution is -2.31. The maximum Gasteiger partial charge on any atom is 0.323 e. The average molecular weight is 269 g/mol. The van der Waals surface area contributed by atoms with Crippen LogP contribution in [-0.2, 0) is 11.2 Å². The summed E-state index contributed by atoms with van der Waals surface area (Å²) in [4.78, 5) is 12.9. The van der Waals surface area contributed by atoms with Crippen LogP contribution in [-0.4, -0.2) is 24.2 Å². The van der Waals surface area contributed by atoms with Crippen LogP contribution in [0.2, 0.25) is 0 Å². The van der Waals surface area contributed by atoms with Gasteiger partial charge >= 0.3 is 5.97 Å². The van der Waals surface area contributed by atoms with Gasteiger partial charge in [0.25, 0.3) is 0 Å². The highest BCUT2D eigenvalue weighted by Gasteiger charge is 2.10. The van der Waals surface area contributed by atoms with Crippen LogP contribution in [0.1, 0.15) is 11.1 Å². The van der Waals surface area contributed by atoms with E-state index in [1.807, 2.05) is 54.3 Å². The molecule has 0 saturated heterocycles. The van der Waals surface area contributed by atoms with Gasteiger partial charge in [0.05, 0.1) is 0 Å². The van der Waals surface area contributed by atoms with E-state index in [0.29, 0.717) is 6.54 Å². The fraction of sp³-hybridized carbons (Fsp3) is 0.235. The number of rotatable bonds is 6. The largest absolute Gasteiger partial charge is 0.480 e. The van der Waals surface area contributed by atoms with E-state index >= 15 is 0 Å². The number of aryl methyl sites for hydroxylation is 1. The van der Waals surface area contributed by atoms with E-state index in [9.17, 15) is 4.79 Å². The summed E-state index contributed by atoms with van der Waals surface area (Å²) >= 11 is 0. The quantitative estimate of drug-likeness (QED) is 0.876. The highest BCUT2D eigenvalue weighted by Crippen LogP contribution is 2.15. The lowest BCUT2D eigenvalue weighted by Gasteiger charge is -2.23. The van der Waals surface area contributed by atoms with Crippen molar-refractivity contribution in [3.05, 3.63) is 65.7 Å². The van der Waals surface area contributed by atoms with Crippen LogP contribution < -0.4 is 4.90 Å². The molecule has 3 heteroatoms. The third kappa shape index (κ3) is 4.12. The van der Waals surface area contributed by atoms with Gasteiger partial charge in [0, 0.05) is 12.2 Å². The van der Waals surface area contributed by atoms with Crippen molar-refractivity contribution in [1.29, 1.82) is 0 Å². The van der Waals surface area contributed by atoms with Gasteiger partial charge in [-0.25, -0.2) is 0 Å². The van der Waals surface area contributed by atoms with Gasteiger partial charge in [-0.15, -0.1) is 0 Å². The van der Waals surface area contributed by atoms with Crippen molar-refractivity contribution < 1.29 is 9.90 Å². The third-order valence-corrected chi connectivity index (χ3v) is 3.24. The Balaban J connectivity index is 2.07. The molecule has 1 N–H and O–H groups in total. The summed E-state index contributed by atoms with van der Waals surface area (Å²) in [6.45, 7) is 2.74. The molecule has 2 aromatic carbocycles. The average Bonchev–Trinajstić information content (AvgIpc) is 2.45. The van der Waals surface area contributed by atoms with Crippen LogP contribution in [0.5, 0.6) is 0 Å². The monoisotopic (exact) mass is 269 g/mol. The zero-order valence-electron chi connectivity index (χ0n) is 11.6. The first-order valence-corrected chi connectivity index (χ1v) is 6.72. The van der Waals surface area contributed by atoms with Crippen LogP contribution in [0.3, 0.4) is 0 Å². The van der Waals surface area contributed by atoms with Crippen molar-refractivity contribution >= 4 is 11.7 Å². The molecule has 0 fully saturated rings. The van der Waals surface area contributed by atoms with E-state index in [1.54, 1.807) is 0 Å². The lowest BCUT2D eigenvalue weighted by molar-refractivity contribution is -0.135. The molecule has 3 nitrogen and oxygen atoms in total. The van der Waals surface area contributed by atoms with Crippen molar-refractivity contribution in [2.75, 3.05) is 18.0 Å². The Morgan fingerprint density at radius 1 is 1.05 bits per heavy atom. The number of carbonyl (C=O) groups is 1. The highest BCUT2D eigenvalue weighted by molar-refractivity contribution is 5.73. The number of hydrogen-bond acceptors (Lipinski definition) is 2. The Labute approximate surface area is 119 Å². The van der Waals surface area contributed by atoms with E-state index in [4.69, 9.17) is 5.11 Å². The molecule has 0 aromatic heterocycles. The fourth-order valence-corrected chi connectivity index (χ4v) is 2.13. The van der Waals surface area contributed by atoms with Gasteiger partial charge in [-0.3, -0.25) is 4.79 Å². The maximum atomic E-state index is 11.0. The second kappa shape index (κ2) is 6.75. The summed E-state index contributed by atoms with van der Waals surface area (Å²) in [6.07, 6.45) is 0.835. The second-order valence-corrected chi connectivity index (χ2v) is 4.89. The molecule has 20 heavy (non-hydrogen) atoms. The van der Waals surface area contributed by atoms with Gasteiger partial charge in [0.1, 0.15) is 6.54 Å². The van der Waals surface area contributed by atoms with Crippen LogP contribution in [0, 0.1) is 6.92 Å². The van der Waals surface area contributed by atoms with Crippen molar-refractivity contribution in [3.63, 3.8) is 0 Å². The van der Waals surface area contributed by atoms with Gasteiger partial charge in [0.2, 0.25) is 0 Å². The normalized spacial score (nSPS) is 10.2. The number of hydrogen-bond donors (Lipinski definition) is 1.